The fourth-order valence-corrected chi connectivity index (χ4v) is 0.283. The van der Waals surface area contributed by atoms with Crippen LogP contribution in [0.3, 0.4) is 0 Å². The van der Waals surface area contributed by atoms with Crippen molar-refractivity contribution in [3.8, 4) is 0 Å². The molecule has 0 aromatic heterocycles. The first-order valence-corrected chi connectivity index (χ1v) is 4.29. The quantitative estimate of drug-likeness (QED) is 0.234. The van der Waals surface area contributed by atoms with Gasteiger partial charge in [0.1, 0.15) is 0 Å². The Bertz CT molecular complexity index is 82.6. The minimum Gasteiger partial charge on any atom is -0.511 e. The van der Waals surface area contributed by atoms with Gasteiger partial charge in [-0.1, -0.05) is 0 Å². The Balaban J connectivity index is 0. The number of aliphatic hydroxyl groups is 2. The zero-order valence-electron chi connectivity index (χ0n) is 6.03. The molecule has 0 bridgehead atoms. The molecule has 5 N–H and O–H groups in total. The van der Waals surface area contributed by atoms with Gasteiger partial charge in [-0.2, -0.15) is 0 Å². The molecule has 0 fully saturated rings. The van der Waals surface area contributed by atoms with E-state index in [1.807, 2.05) is 0 Å². The van der Waals surface area contributed by atoms with Crippen LogP contribution in [0, 0.1) is 0 Å². The van der Waals surface area contributed by atoms with E-state index in [4.69, 9.17) is 24.3 Å². The maximum atomic E-state index is 8.74. The maximum Gasteiger partial charge on any atom is 0.761 e. The van der Waals surface area contributed by atoms with E-state index >= 15 is 0 Å². The minimum atomic E-state index is -3.13. The highest BCUT2D eigenvalue weighted by Crippen LogP contribution is 1.54. The molecular weight excluding hydrogens is 170 g/mol. The molecule has 0 unspecified atom stereocenters. The fourth-order valence-electron chi connectivity index (χ4n) is 0.283. The highest BCUT2D eigenvalue weighted by molar-refractivity contribution is 6.22. The standard InChI is InChI=1S/C4H11NO2.H2O3Si/c6-3-1-5-2-4-7;1-4(2)3/h5-7H,1-4H2;1-2H. The molecule has 68 valence electrons. The van der Waals surface area contributed by atoms with Gasteiger partial charge in [0.2, 0.25) is 0 Å². The van der Waals surface area contributed by atoms with Crippen LogP contribution < -0.4 is 5.32 Å². The summed E-state index contributed by atoms with van der Waals surface area (Å²) in [5.41, 5.74) is 0. The maximum absolute atomic E-state index is 8.74. The molecule has 6 nitrogen and oxygen atoms in total. The number of aliphatic hydroxyl groups excluding tert-OH is 2. The predicted molar refractivity (Wildman–Crippen MR) is 37.9 cm³/mol. The molecule has 11 heavy (non-hydrogen) atoms. The Morgan fingerprint density at radius 1 is 1.09 bits per heavy atom. The average molecular weight is 183 g/mol. The van der Waals surface area contributed by atoms with Gasteiger partial charge in [-0.3, -0.25) is 4.46 Å². The van der Waals surface area contributed by atoms with E-state index in [1.54, 1.807) is 0 Å². The lowest BCUT2D eigenvalue weighted by atomic mass is 10.6. The smallest absolute Gasteiger partial charge is 0.511 e. The molecular formula is C4H13NO5Si. The van der Waals surface area contributed by atoms with Crippen LogP contribution in [0.15, 0.2) is 0 Å². The topological polar surface area (TPSA) is 110 Å². The van der Waals surface area contributed by atoms with Crippen molar-refractivity contribution >= 4 is 9.17 Å². The SMILES string of the molecule is O=[Si](O)O.OCCNCCO. The van der Waals surface area contributed by atoms with Crippen molar-refractivity contribution in [2.75, 3.05) is 26.3 Å². The molecule has 0 aromatic rings. The normalized spacial score (nSPS) is 8.18. The highest BCUT2D eigenvalue weighted by atomic mass is 28.3. The Kier molecular flexibility index (Phi) is 14.5. The average Bonchev–Trinajstić information content (AvgIpc) is 1.88. The molecule has 0 atom stereocenters. The van der Waals surface area contributed by atoms with Gasteiger partial charge in [0, 0.05) is 13.1 Å². The minimum absolute atomic E-state index is 0.139. The molecule has 0 aliphatic rings. The number of nitrogens with one attached hydrogen (secondary N) is 1. The zero-order chi connectivity index (χ0) is 9.11. The molecule has 7 heteroatoms. The molecule has 0 aliphatic heterocycles. The lowest BCUT2D eigenvalue weighted by Gasteiger charge is -1.94. The van der Waals surface area contributed by atoms with E-state index in [1.165, 1.54) is 0 Å². The van der Waals surface area contributed by atoms with E-state index in [0.717, 1.165) is 0 Å². The van der Waals surface area contributed by atoms with Crippen molar-refractivity contribution in [2.24, 2.45) is 0 Å². The van der Waals surface area contributed by atoms with Gasteiger partial charge in [0.05, 0.1) is 13.2 Å². The van der Waals surface area contributed by atoms with E-state index in [2.05, 4.69) is 5.32 Å². The summed E-state index contributed by atoms with van der Waals surface area (Å²) in [6, 6.07) is 0. The molecule has 0 rings (SSSR count). The van der Waals surface area contributed by atoms with Gasteiger partial charge in [-0.15, -0.1) is 0 Å². The van der Waals surface area contributed by atoms with Crippen LogP contribution in [0.2, 0.25) is 0 Å². The summed E-state index contributed by atoms with van der Waals surface area (Å²) in [6.45, 7) is 1.42. The van der Waals surface area contributed by atoms with Crippen LogP contribution in [0.25, 0.3) is 0 Å². The summed E-state index contributed by atoms with van der Waals surface area (Å²) in [6.07, 6.45) is 0. The summed E-state index contributed by atoms with van der Waals surface area (Å²) in [5, 5.41) is 19.1. The van der Waals surface area contributed by atoms with Crippen LogP contribution in [-0.2, 0) is 4.46 Å². The van der Waals surface area contributed by atoms with Crippen molar-refractivity contribution in [1.29, 1.82) is 0 Å². The van der Waals surface area contributed by atoms with Crippen LogP contribution in [0.4, 0.5) is 0 Å². The molecule has 0 saturated carbocycles. The number of hydrogen-bond acceptors (Lipinski definition) is 4. The first-order valence-electron chi connectivity index (χ1n) is 2.99. The molecule has 0 amide bonds. The number of rotatable bonds is 4. The van der Waals surface area contributed by atoms with Gasteiger partial charge in [-0.25, -0.2) is 0 Å². The summed E-state index contributed by atoms with van der Waals surface area (Å²) in [7, 11) is -3.13. The highest BCUT2D eigenvalue weighted by Gasteiger charge is 1.85. The zero-order valence-corrected chi connectivity index (χ0v) is 7.03. The lowest BCUT2D eigenvalue weighted by Crippen LogP contribution is -2.21. The second-order valence-electron chi connectivity index (χ2n) is 1.48. The van der Waals surface area contributed by atoms with Crippen molar-refractivity contribution < 1.29 is 24.3 Å². The molecule has 0 aliphatic carbocycles. The van der Waals surface area contributed by atoms with Gasteiger partial charge >= 0.3 is 9.17 Å². The third kappa shape index (κ3) is 43.6. The largest absolute Gasteiger partial charge is 0.761 e. The van der Waals surface area contributed by atoms with Crippen LogP contribution in [0.5, 0.6) is 0 Å². The van der Waals surface area contributed by atoms with Crippen LogP contribution >= 0.6 is 0 Å². The second-order valence-corrected chi connectivity index (χ2v) is 2.04. The van der Waals surface area contributed by atoms with E-state index in [-0.39, 0.29) is 13.2 Å². The molecule has 0 heterocycles. The Morgan fingerprint density at radius 2 is 1.36 bits per heavy atom. The third-order valence-electron chi connectivity index (χ3n) is 0.577. The monoisotopic (exact) mass is 183 g/mol. The van der Waals surface area contributed by atoms with Crippen LogP contribution in [-0.4, -0.2) is 55.3 Å². The van der Waals surface area contributed by atoms with E-state index < -0.39 is 9.17 Å². The third-order valence-corrected chi connectivity index (χ3v) is 0.577. The van der Waals surface area contributed by atoms with Gasteiger partial charge in [-0.05, 0) is 0 Å². The Labute approximate surface area is 66.0 Å². The molecule has 0 radical (unpaired) electrons. The summed E-state index contributed by atoms with van der Waals surface area (Å²) >= 11 is 0. The first kappa shape index (κ1) is 13.1. The molecule has 0 aromatic carbocycles. The van der Waals surface area contributed by atoms with Crippen molar-refractivity contribution in [3.63, 3.8) is 0 Å². The van der Waals surface area contributed by atoms with Gasteiger partial charge < -0.3 is 25.1 Å². The lowest BCUT2D eigenvalue weighted by molar-refractivity contribution is 0.266. The first-order chi connectivity index (χ1) is 5.15. The molecule has 0 spiro atoms. The summed E-state index contributed by atoms with van der Waals surface area (Å²) in [4.78, 5) is 14.3. The van der Waals surface area contributed by atoms with Crippen molar-refractivity contribution in [1.82, 2.24) is 5.32 Å². The summed E-state index contributed by atoms with van der Waals surface area (Å²) in [5.74, 6) is 0. The van der Waals surface area contributed by atoms with Crippen molar-refractivity contribution in [3.05, 3.63) is 0 Å². The summed E-state index contributed by atoms with van der Waals surface area (Å²) < 4.78 is 8.74. The van der Waals surface area contributed by atoms with Crippen molar-refractivity contribution in [2.45, 2.75) is 0 Å². The Hall–Kier alpha value is -0.503. The second kappa shape index (κ2) is 12.2. The van der Waals surface area contributed by atoms with Gasteiger partial charge in [0.25, 0.3) is 0 Å². The number of hydrogen-bond donors (Lipinski definition) is 5. The van der Waals surface area contributed by atoms with E-state index in [9.17, 15) is 0 Å². The predicted octanol–water partition coefficient (Wildman–Crippen LogP) is -3.05. The van der Waals surface area contributed by atoms with E-state index in [0.29, 0.717) is 13.1 Å². The fraction of sp³-hybridized carbons (Fsp3) is 1.00. The van der Waals surface area contributed by atoms with Crippen LogP contribution in [0.1, 0.15) is 0 Å². The Morgan fingerprint density at radius 3 is 1.55 bits per heavy atom. The van der Waals surface area contributed by atoms with Gasteiger partial charge in [0.15, 0.2) is 0 Å². The molecule has 0 saturated heterocycles.